The summed E-state index contributed by atoms with van der Waals surface area (Å²) in [5.41, 5.74) is 1.45. The van der Waals surface area contributed by atoms with Crippen LogP contribution in [0.1, 0.15) is 46.2 Å². The third-order valence-electron chi connectivity index (χ3n) is 3.82. The third-order valence-corrected chi connectivity index (χ3v) is 4.80. The average molecular weight is 267 g/mol. The number of hydrogen-bond acceptors (Lipinski definition) is 4. The molecular weight excluding hydrogens is 242 g/mol. The normalized spacial score (nSPS) is 17.8. The van der Waals surface area contributed by atoms with Crippen molar-refractivity contribution in [2.45, 2.75) is 59.2 Å². The van der Waals surface area contributed by atoms with Crippen LogP contribution in [0.15, 0.2) is 5.38 Å². The highest BCUT2D eigenvalue weighted by molar-refractivity contribution is 7.13. The molecule has 0 aromatic carbocycles. The first-order chi connectivity index (χ1) is 8.38. The maximum atomic E-state index is 4.73. The van der Waals surface area contributed by atoms with Gasteiger partial charge < -0.3 is 10.2 Å². The topological polar surface area (TPSA) is 28.2 Å². The van der Waals surface area contributed by atoms with Gasteiger partial charge in [-0.05, 0) is 25.2 Å². The molecule has 1 heterocycles. The van der Waals surface area contributed by atoms with Crippen LogP contribution in [0, 0.1) is 5.41 Å². The highest BCUT2D eigenvalue weighted by Gasteiger charge is 2.26. The smallest absolute Gasteiger partial charge is 0.185 e. The van der Waals surface area contributed by atoms with Crippen LogP contribution in [0.5, 0.6) is 0 Å². The molecule has 0 saturated heterocycles. The molecule has 4 heteroatoms. The van der Waals surface area contributed by atoms with E-state index < -0.39 is 0 Å². The van der Waals surface area contributed by atoms with Crippen molar-refractivity contribution >= 4 is 16.5 Å². The summed E-state index contributed by atoms with van der Waals surface area (Å²) in [7, 11) is 2.15. The molecule has 2 rings (SSSR count). The maximum absolute atomic E-state index is 4.73. The number of thiazole rings is 1. The monoisotopic (exact) mass is 267 g/mol. The SMILES string of the molecule is CC(N(C)c1nc(CNC2CC2)cs1)C(C)(C)C. The molecule has 0 radical (unpaired) electrons. The van der Waals surface area contributed by atoms with E-state index in [2.05, 4.69) is 50.3 Å². The molecule has 18 heavy (non-hydrogen) atoms. The number of nitrogens with zero attached hydrogens (tertiary/aromatic N) is 2. The first kappa shape index (κ1) is 13.8. The van der Waals surface area contributed by atoms with Gasteiger partial charge in [0.2, 0.25) is 0 Å². The van der Waals surface area contributed by atoms with Gasteiger partial charge in [0, 0.05) is 31.1 Å². The molecule has 0 amide bonds. The van der Waals surface area contributed by atoms with Gasteiger partial charge >= 0.3 is 0 Å². The van der Waals surface area contributed by atoms with Crippen LogP contribution in [0.3, 0.4) is 0 Å². The van der Waals surface area contributed by atoms with Gasteiger partial charge in [0.05, 0.1) is 5.69 Å². The molecule has 1 unspecified atom stereocenters. The Bertz CT molecular complexity index is 390. The van der Waals surface area contributed by atoms with E-state index in [1.165, 1.54) is 18.5 Å². The fraction of sp³-hybridized carbons (Fsp3) is 0.786. The van der Waals surface area contributed by atoms with E-state index in [1.807, 2.05) is 0 Å². The molecule has 1 N–H and O–H groups in total. The van der Waals surface area contributed by atoms with Crippen LogP contribution in [0.4, 0.5) is 5.13 Å². The molecule has 0 aliphatic heterocycles. The largest absolute Gasteiger partial charge is 0.348 e. The molecule has 1 aromatic heterocycles. The average Bonchev–Trinajstić information content (AvgIpc) is 3.01. The summed E-state index contributed by atoms with van der Waals surface area (Å²) >= 11 is 1.75. The van der Waals surface area contributed by atoms with Crippen molar-refractivity contribution < 1.29 is 0 Å². The Balaban J connectivity index is 1.95. The molecule has 0 spiro atoms. The van der Waals surface area contributed by atoms with E-state index in [0.717, 1.165) is 17.7 Å². The summed E-state index contributed by atoms with van der Waals surface area (Å²) in [6.07, 6.45) is 2.66. The van der Waals surface area contributed by atoms with Gasteiger partial charge in [-0.3, -0.25) is 0 Å². The maximum Gasteiger partial charge on any atom is 0.185 e. The zero-order valence-corrected chi connectivity index (χ0v) is 13.0. The summed E-state index contributed by atoms with van der Waals surface area (Å²) in [6.45, 7) is 10.0. The predicted octanol–water partition coefficient (Wildman–Crippen LogP) is 3.27. The third kappa shape index (κ3) is 3.45. The highest BCUT2D eigenvalue weighted by Crippen LogP contribution is 2.29. The van der Waals surface area contributed by atoms with Crippen molar-refractivity contribution in [3.63, 3.8) is 0 Å². The standard InChI is InChI=1S/C14H25N3S/c1-10(14(2,3)4)17(5)13-16-12(9-18-13)8-15-11-6-7-11/h9-11,15H,6-8H2,1-5H3. The molecule has 1 aliphatic carbocycles. The number of hydrogen-bond donors (Lipinski definition) is 1. The molecule has 1 fully saturated rings. The lowest BCUT2D eigenvalue weighted by atomic mass is 9.87. The second-order valence-corrected chi connectivity index (χ2v) is 7.27. The number of nitrogens with one attached hydrogen (secondary N) is 1. The van der Waals surface area contributed by atoms with Gasteiger partial charge in [0.1, 0.15) is 0 Å². The molecular formula is C14H25N3S. The van der Waals surface area contributed by atoms with Crippen LogP contribution in [0.25, 0.3) is 0 Å². The van der Waals surface area contributed by atoms with Gasteiger partial charge in [-0.1, -0.05) is 20.8 Å². The predicted molar refractivity (Wildman–Crippen MR) is 79.3 cm³/mol. The summed E-state index contributed by atoms with van der Waals surface area (Å²) in [6, 6.07) is 1.23. The molecule has 0 bridgehead atoms. The minimum absolute atomic E-state index is 0.271. The van der Waals surface area contributed by atoms with Crippen LogP contribution >= 0.6 is 11.3 Å². The van der Waals surface area contributed by atoms with Crippen LogP contribution in [-0.2, 0) is 6.54 Å². The van der Waals surface area contributed by atoms with Gasteiger partial charge in [-0.2, -0.15) is 0 Å². The molecule has 1 atom stereocenters. The fourth-order valence-electron chi connectivity index (χ4n) is 1.82. The van der Waals surface area contributed by atoms with Crippen molar-refractivity contribution in [1.82, 2.24) is 10.3 Å². The Labute approximate surface area is 115 Å². The highest BCUT2D eigenvalue weighted by atomic mass is 32.1. The number of rotatable bonds is 5. The molecule has 1 aliphatic rings. The quantitative estimate of drug-likeness (QED) is 0.887. The lowest BCUT2D eigenvalue weighted by Crippen LogP contribution is -2.39. The molecule has 1 saturated carbocycles. The summed E-state index contributed by atoms with van der Waals surface area (Å²) in [5.74, 6) is 0. The van der Waals surface area contributed by atoms with E-state index in [-0.39, 0.29) is 5.41 Å². The second-order valence-electron chi connectivity index (χ2n) is 6.43. The van der Waals surface area contributed by atoms with Crippen molar-refractivity contribution in [2.75, 3.05) is 11.9 Å². The van der Waals surface area contributed by atoms with E-state index in [4.69, 9.17) is 4.98 Å². The first-order valence-electron chi connectivity index (χ1n) is 6.78. The van der Waals surface area contributed by atoms with Crippen LogP contribution < -0.4 is 10.2 Å². The Kier molecular flexibility index (Phi) is 3.97. The number of aromatic nitrogens is 1. The van der Waals surface area contributed by atoms with E-state index in [0.29, 0.717) is 6.04 Å². The van der Waals surface area contributed by atoms with Gasteiger partial charge in [-0.25, -0.2) is 4.98 Å². The Morgan fingerprint density at radius 3 is 2.72 bits per heavy atom. The summed E-state index contributed by atoms with van der Waals surface area (Å²) in [5, 5.41) is 6.82. The number of anilines is 1. The van der Waals surface area contributed by atoms with Crippen molar-refractivity contribution in [3.05, 3.63) is 11.1 Å². The van der Waals surface area contributed by atoms with Crippen LogP contribution in [-0.4, -0.2) is 24.1 Å². The zero-order valence-electron chi connectivity index (χ0n) is 12.2. The van der Waals surface area contributed by atoms with Crippen molar-refractivity contribution in [1.29, 1.82) is 0 Å². The fourth-order valence-corrected chi connectivity index (χ4v) is 2.69. The molecule has 1 aromatic rings. The van der Waals surface area contributed by atoms with E-state index in [1.54, 1.807) is 11.3 Å². The Morgan fingerprint density at radius 1 is 1.50 bits per heavy atom. The van der Waals surface area contributed by atoms with E-state index >= 15 is 0 Å². The lowest BCUT2D eigenvalue weighted by Gasteiger charge is -2.35. The summed E-state index contributed by atoms with van der Waals surface area (Å²) < 4.78 is 0. The Hall–Kier alpha value is -0.610. The van der Waals surface area contributed by atoms with Gasteiger partial charge in [-0.15, -0.1) is 11.3 Å². The van der Waals surface area contributed by atoms with E-state index in [9.17, 15) is 0 Å². The lowest BCUT2D eigenvalue weighted by molar-refractivity contribution is 0.329. The molecule has 3 nitrogen and oxygen atoms in total. The summed E-state index contributed by atoms with van der Waals surface area (Å²) in [4.78, 5) is 7.02. The second kappa shape index (κ2) is 5.17. The zero-order chi connectivity index (χ0) is 13.3. The Morgan fingerprint density at radius 2 is 2.17 bits per heavy atom. The minimum atomic E-state index is 0.271. The first-order valence-corrected chi connectivity index (χ1v) is 7.66. The molecule has 102 valence electrons. The van der Waals surface area contributed by atoms with Gasteiger partial charge in [0.15, 0.2) is 5.13 Å². The van der Waals surface area contributed by atoms with Crippen LogP contribution in [0.2, 0.25) is 0 Å². The van der Waals surface area contributed by atoms with Crippen molar-refractivity contribution in [3.8, 4) is 0 Å². The minimum Gasteiger partial charge on any atom is -0.348 e. The van der Waals surface area contributed by atoms with Gasteiger partial charge in [0.25, 0.3) is 0 Å². The van der Waals surface area contributed by atoms with Crippen molar-refractivity contribution in [2.24, 2.45) is 5.41 Å².